The monoisotopic (exact) mass is 305 g/mol. The Kier molecular flexibility index (Phi) is 4.47. The fourth-order valence-electron chi connectivity index (χ4n) is 2.39. The van der Waals surface area contributed by atoms with Crippen LogP contribution in [0.5, 0.6) is 0 Å². The van der Waals surface area contributed by atoms with Gasteiger partial charge in [0.05, 0.1) is 0 Å². The minimum Gasteiger partial charge on any atom is -0.366 e. The summed E-state index contributed by atoms with van der Waals surface area (Å²) >= 11 is 0. The summed E-state index contributed by atoms with van der Waals surface area (Å²) in [6.45, 7) is 4.82. The Morgan fingerprint density at radius 3 is 2.57 bits per heavy atom. The number of benzene rings is 1. The minimum atomic E-state index is 0.575. The van der Waals surface area contributed by atoms with E-state index in [1.165, 1.54) is 11.1 Å². The maximum Gasteiger partial charge on any atom is 0.229 e. The van der Waals surface area contributed by atoms with Gasteiger partial charge in [0.2, 0.25) is 5.95 Å². The molecule has 0 aliphatic carbocycles. The second kappa shape index (κ2) is 6.87. The fourth-order valence-corrected chi connectivity index (χ4v) is 2.39. The van der Waals surface area contributed by atoms with Gasteiger partial charge in [-0.3, -0.25) is 4.98 Å². The molecule has 0 aliphatic heterocycles. The van der Waals surface area contributed by atoms with Crippen LogP contribution < -0.4 is 10.6 Å². The summed E-state index contributed by atoms with van der Waals surface area (Å²) < 4.78 is 0. The molecule has 0 spiro atoms. The third-order valence-corrected chi connectivity index (χ3v) is 3.33. The highest BCUT2D eigenvalue weighted by molar-refractivity contribution is 5.57. The predicted molar refractivity (Wildman–Crippen MR) is 92.8 cm³/mol. The molecule has 0 radical (unpaired) electrons. The number of hydrogen-bond donors (Lipinski definition) is 2. The van der Waals surface area contributed by atoms with Crippen LogP contribution >= 0.6 is 0 Å². The van der Waals surface area contributed by atoms with Crippen LogP contribution in [0.25, 0.3) is 0 Å². The molecule has 3 rings (SSSR count). The highest BCUT2D eigenvalue weighted by Crippen LogP contribution is 2.18. The number of nitrogens with zero attached hydrogens (tertiary/aromatic N) is 3. The summed E-state index contributed by atoms with van der Waals surface area (Å²) in [5.41, 5.74) is 4.51. The van der Waals surface area contributed by atoms with Gasteiger partial charge in [-0.25, -0.2) is 4.98 Å². The number of nitrogens with one attached hydrogen (secondary N) is 2. The Balaban J connectivity index is 1.69. The number of aromatic nitrogens is 3. The summed E-state index contributed by atoms with van der Waals surface area (Å²) in [6.07, 6.45) is 5.34. The first-order valence-corrected chi connectivity index (χ1v) is 7.50. The van der Waals surface area contributed by atoms with Crippen LogP contribution in [0.2, 0.25) is 0 Å². The zero-order valence-corrected chi connectivity index (χ0v) is 13.2. The van der Waals surface area contributed by atoms with Crippen molar-refractivity contribution in [1.82, 2.24) is 15.0 Å². The zero-order chi connectivity index (χ0) is 16.1. The van der Waals surface area contributed by atoms with Crippen LogP contribution in [0.15, 0.2) is 55.0 Å². The van der Waals surface area contributed by atoms with Gasteiger partial charge in [-0.2, -0.15) is 4.98 Å². The smallest absolute Gasteiger partial charge is 0.229 e. The minimum absolute atomic E-state index is 0.575. The molecule has 0 aliphatic rings. The van der Waals surface area contributed by atoms with E-state index >= 15 is 0 Å². The summed E-state index contributed by atoms with van der Waals surface area (Å²) in [5, 5.41) is 6.53. The Morgan fingerprint density at radius 2 is 1.83 bits per heavy atom. The van der Waals surface area contributed by atoms with E-state index in [0.717, 1.165) is 17.1 Å². The highest BCUT2D eigenvalue weighted by Gasteiger charge is 2.02. The maximum absolute atomic E-state index is 4.49. The Labute approximate surface area is 135 Å². The second-order valence-electron chi connectivity index (χ2n) is 5.48. The normalized spacial score (nSPS) is 10.3. The second-order valence-corrected chi connectivity index (χ2v) is 5.48. The number of anilines is 3. The van der Waals surface area contributed by atoms with E-state index in [1.807, 2.05) is 24.4 Å². The van der Waals surface area contributed by atoms with E-state index in [-0.39, 0.29) is 0 Å². The van der Waals surface area contributed by atoms with Crippen molar-refractivity contribution < 1.29 is 0 Å². The third-order valence-electron chi connectivity index (χ3n) is 3.33. The van der Waals surface area contributed by atoms with Crippen LogP contribution in [-0.2, 0) is 6.54 Å². The maximum atomic E-state index is 4.49. The van der Waals surface area contributed by atoms with Crippen molar-refractivity contribution in [2.45, 2.75) is 20.4 Å². The molecule has 0 saturated carbocycles. The van der Waals surface area contributed by atoms with Crippen LogP contribution in [0.3, 0.4) is 0 Å². The molecule has 1 aromatic carbocycles. The van der Waals surface area contributed by atoms with Gasteiger partial charge in [0.1, 0.15) is 5.82 Å². The lowest BCUT2D eigenvalue weighted by Crippen LogP contribution is -2.04. The summed E-state index contributed by atoms with van der Waals surface area (Å²) in [6, 6.07) is 12.1. The molecule has 0 unspecified atom stereocenters. The first kappa shape index (κ1) is 15.0. The van der Waals surface area contributed by atoms with Gasteiger partial charge in [-0.1, -0.05) is 12.1 Å². The molecule has 5 heteroatoms. The molecule has 2 N–H and O–H groups in total. The van der Waals surface area contributed by atoms with Crippen molar-refractivity contribution in [1.29, 1.82) is 0 Å². The van der Waals surface area contributed by atoms with Crippen molar-refractivity contribution in [2.75, 3.05) is 10.6 Å². The summed E-state index contributed by atoms with van der Waals surface area (Å²) in [7, 11) is 0. The number of rotatable bonds is 5. The average Bonchev–Trinajstić information content (AvgIpc) is 2.53. The molecule has 0 amide bonds. The molecule has 5 nitrogen and oxygen atoms in total. The van der Waals surface area contributed by atoms with Crippen molar-refractivity contribution in [3.8, 4) is 0 Å². The van der Waals surface area contributed by atoms with Gasteiger partial charge in [-0.15, -0.1) is 0 Å². The van der Waals surface area contributed by atoms with Crippen molar-refractivity contribution >= 4 is 17.5 Å². The van der Waals surface area contributed by atoms with Crippen LogP contribution in [0.1, 0.15) is 16.7 Å². The topological polar surface area (TPSA) is 62.7 Å². The fraction of sp³-hybridized carbons (Fsp3) is 0.167. The number of pyridine rings is 1. The SMILES string of the molecule is Cc1cc(C)cc(Nc2nccc(NCc3cccnc3)n2)c1. The van der Waals surface area contributed by atoms with Crippen LogP contribution in [0, 0.1) is 13.8 Å². The van der Waals surface area contributed by atoms with E-state index in [0.29, 0.717) is 12.5 Å². The standard InChI is InChI=1S/C18H19N5/c1-13-8-14(2)10-16(9-13)22-18-20-7-5-17(23-18)21-12-15-4-3-6-19-11-15/h3-11H,12H2,1-2H3,(H2,20,21,22,23). The molecule has 23 heavy (non-hydrogen) atoms. The molecule has 116 valence electrons. The largest absolute Gasteiger partial charge is 0.366 e. The van der Waals surface area contributed by atoms with Gasteiger partial charge >= 0.3 is 0 Å². The van der Waals surface area contributed by atoms with E-state index < -0.39 is 0 Å². The quantitative estimate of drug-likeness (QED) is 0.750. The molecule has 2 heterocycles. The first-order valence-electron chi connectivity index (χ1n) is 7.50. The lowest BCUT2D eigenvalue weighted by atomic mass is 10.1. The van der Waals surface area contributed by atoms with Gasteiger partial charge in [0.25, 0.3) is 0 Å². The van der Waals surface area contributed by atoms with E-state index in [9.17, 15) is 0 Å². The average molecular weight is 305 g/mol. The van der Waals surface area contributed by atoms with Crippen molar-refractivity contribution in [3.05, 3.63) is 71.7 Å². The summed E-state index contributed by atoms with van der Waals surface area (Å²) in [4.78, 5) is 12.9. The van der Waals surface area contributed by atoms with Gasteiger partial charge in [-0.05, 0) is 54.8 Å². The highest BCUT2D eigenvalue weighted by atomic mass is 15.1. The van der Waals surface area contributed by atoms with E-state index in [1.54, 1.807) is 12.4 Å². The summed E-state index contributed by atoms with van der Waals surface area (Å²) in [5.74, 6) is 1.35. The molecule has 0 atom stereocenters. The van der Waals surface area contributed by atoms with Gasteiger partial charge < -0.3 is 10.6 Å². The van der Waals surface area contributed by atoms with Gasteiger partial charge in [0, 0.05) is 30.8 Å². The van der Waals surface area contributed by atoms with Gasteiger partial charge in [0.15, 0.2) is 0 Å². The number of aryl methyl sites for hydroxylation is 2. The molecule has 0 bridgehead atoms. The Morgan fingerprint density at radius 1 is 1.00 bits per heavy atom. The molecule has 0 fully saturated rings. The van der Waals surface area contributed by atoms with E-state index in [2.05, 4.69) is 57.6 Å². The molecular weight excluding hydrogens is 286 g/mol. The van der Waals surface area contributed by atoms with Crippen LogP contribution in [-0.4, -0.2) is 15.0 Å². The Hall–Kier alpha value is -2.95. The Bertz CT molecular complexity index is 766. The lowest BCUT2D eigenvalue weighted by Gasteiger charge is -2.09. The van der Waals surface area contributed by atoms with Crippen LogP contribution in [0.4, 0.5) is 17.5 Å². The lowest BCUT2D eigenvalue weighted by molar-refractivity contribution is 1.07. The van der Waals surface area contributed by atoms with Crippen molar-refractivity contribution in [2.24, 2.45) is 0 Å². The molecule has 3 aromatic rings. The first-order chi connectivity index (χ1) is 11.2. The van der Waals surface area contributed by atoms with E-state index in [4.69, 9.17) is 0 Å². The molecule has 0 saturated heterocycles. The van der Waals surface area contributed by atoms with Crippen molar-refractivity contribution in [3.63, 3.8) is 0 Å². The number of hydrogen-bond acceptors (Lipinski definition) is 5. The third kappa shape index (κ3) is 4.26. The molecule has 2 aromatic heterocycles. The zero-order valence-electron chi connectivity index (χ0n) is 13.2. The predicted octanol–water partition coefficient (Wildman–Crippen LogP) is 3.84. The molecular formula is C18H19N5.